The van der Waals surface area contributed by atoms with Crippen molar-refractivity contribution in [2.24, 2.45) is 4.99 Å². The number of pyridine rings is 1. The van der Waals surface area contributed by atoms with Gasteiger partial charge in [-0.15, -0.1) is 23.1 Å². The van der Waals surface area contributed by atoms with Gasteiger partial charge in [0.15, 0.2) is 5.84 Å². The number of hydrogen-bond acceptors (Lipinski definition) is 6. The van der Waals surface area contributed by atoms with Gasteiger partial charge in [0.05, 0.1) is 22.2 Å². The summed E-state index contributed by atoms with van der Waals surface area (Å²) >= 11 is 3.58. The van der Waals surface area contributed by atoms with E-state index in [4.69, 9.17) is 20.5 Å². The van der Waals surface area contributed by atoms with Crippen LogP contribution in [0.3, 0.4) is 0 Å². The van der Waals surface area contributed by atoms with Crippen LogP contribution >= 0.6 is 23.1 Å². The van der Waals surface area contributed by atoms with Gasteiger partial charge in [-0.2, -0.15) is 0 Å². The lowest BCUT2D eigenvalue weighted by atomic mass is 9.82. The Labute approximate surface area is 180 Å². The number of ether oxygens (including phenoxy) is 1. The third-order valence-corrected chi connectivity index (χ3v) is 7.10. The number of nitrogens with one attached hydrogen (secondary N) is 2. The van der Waals surface area contributed by atoms with Crippen molar-refractivity contribution in [3.8, 4) is 0 Å². The highest BCUT2D eigenvalue weighted by Crippen LogP contribution is 2.45. The van der Waals surface area contributed by atoms with Gasteiger partial charge in [0.1, 0.15) is 4.83 Å². The maximum absolute atomic E-state index is 7.95. The highest BCUT2D eigenvalue weighted by atomic mass is 32.2. The van der Waals surface area contributed by atoms with Gasteiger partial charge in [0.2, 0.25) is 0 Å². The Bertz CT molecular complexity index is 1030. The Morgan fingerprint density at radius 3 is 2.55 bits per heavy atom. The minimum absolute atomic E-state index is 0.0130. The summed E-state index contributed by atoms with van der Waals surface area (Å²) in [6.45, 7) is 11.9. The lowest BCUT2D eigenvalue weighted by molar-refractivity contribution is 0.218. The second kappa shape index (κ2) is 8.50. The average molecular weight is 429 g/mol. The second-order valence-electron chi connectivity index (χ2n) is 8.40. The van der Waals surface area contributed by atoms with Crippen molar-refractivity contribution in [3.05, 3.63) is 29.0 Å². The summed E-state index contributed by atoms with van der Waals surface area (Å²) in [6.07, 6.45) is 3.33. The number of allylic oxidation sites excluding steroid dienone is 1. The van der Waals surface area contributed by atoms with E-state index < -0.39 is 0 Å². The fourth-order valence-corrected chi connectivity index (χ4v) is 6.03. The van der Waals surface area contributed by atoms with E-state index in [-0.39, 0.29) is 17.0 Å². The molecule has 0 saturated heterocycles. The number of thiophene rings is 1. The first-order valence-electron chi connectivity index (χ1n) is 9.66. The maximum atomic E-state index is 7.95. The molecular formula is C22H28N4OS2. The summed E-state index contributed by atoms with van der Waals surface area (Å²) in [4.78, 5) is 10.0. The summed E-state index contributed by atoms with van der Waals surface area (Å²) < 4.78 is 6.55. The molecule has 154 valence electrons. The largest absolute Gasteiger partial charge is 0.384 e. The first kappa shape index (κ1) is 21.9. The Kier molecular flexibility index (Phi) is 6.41. The molecule has 0 atom stereocenters. The Balaban J connectivity index is 2.23. The van der Waals surface area contributed by atoms with Crippen LogP contribution in [0, 0.1) is 10.8 Å². The molecule has 2 aromatic rings. The molecule has 0 bridgehead atoms. The number of methoxy groups -OCH3 is 1. The van der Waals surface area contributed by atoms with E-state index in [9.17, 15) is 0 Å². The Morgan fingerprint density at radius 2 is 1.97 bits per heavy atom. The molecule has 29 heavy (non-hydrogen) atoms. The van der Waals surface area contributed by atoms with Crippen LogP contribution in [0.2, 0.25) is 0 Å². The van der Waals surface area contributed by atoms with E-state index in [1.165, 1.54) is 20.7 Å². The molecule has 7 heteroatoms. The Hall–Kier alpha value is -1.83. The van der Waals surface area contributed by atoms with E-state index in [1.54, 1.807) is 30.7 Å². The van der Waals surface area contributed by atoms with E-state index >= 15 is 0 Å². The molecular weight excluding hydrogens is 400 g/mol. The van der Waals surface area contributed by atoms with Gasteiger partial charge < -0.3 is 4.74 Å². The van der Waals surface area contributed by atoms with Gasteiger partial charge in [0.25, 0.3) is 0 Å². The molecule has 0 aliphatic carbocycles. The van der Waals surface area contributed by atoms with Gasteiger partial charge in [0, 0.05) is 30.0 Å². The van der Waals surface area contributed by atoms with Gasteiger partial charge >= 0.3 is 0 Å². The van der Waals surface area contributed by atoms with Crippen molar-refractivity contribution >= 4 is 56.7 Å². The van der Waals surface area contributed by atoms with Crippen molar-refractivity contribution in [1.29, 1.82) is 10.8 Å². The summed E-state index contributed by atoms with van der Waals surface area (Å²) in [6, 6.07) is 2.14. The monoisotopic (exact) mass is 428 g/mol. The van der Waals surface area contributed by atoms with Crippen LogP contribution in [-0.4, -0.2) is 42.2 Å². The van der Waals surface area contributed by atoms with Gasteiger partial charge in [-0.05, 0) is 34.6 Å². The van der Waals surface area contributed by atoms with Gasteiger partial charge in [-0.1, -0.05) is 34.6 Å². The minimum atomic E-state index is -0.0539. The number of amidine groups is 1. The zero-order chi connectivity index (χ0) is 21.3. The predicted molar refractivity (Wildman–Crippen MR) is 127 cm³/mol. The minimum Gasteiger partial charge on any atom is -0.384 e. The topological polar surface area (TPSA) is 82.2 Å². The molecule has 1 aliphatic rings. The molecule has 3 heterocycles. The smallest absolute Gasteiger partial charge is 0.169 e. The molecule has 1 aliphatic heterocycles. The summed E-state index contributed by atoms with van der Waals surface area (Å²) in [5.74, 6) is 1.30. The van der Waals surface area contributed by atoms with Crippen LogP contribution in [0.5, 0.6) is 0 Å². The molecule has 0 unspecified atom stereocenters. The molecule has 0 saturated carbocycles. The zero-order valence-corrected chi connectivity index (χ0v) is 19.5. The fraction of sp³-hybridized carbons (Fsp3) is 0.455. The molecule has 0 amide bonds. The van der Waals surface area contributed by atoms with Crippen molar-refractivity contribution in [1.82, 2.24) is 4.98 Å². The normalized spacial score (nSPS) is 14.9. The van der Waals surface area contributed by atoms with Crippen molar-refractivity contribution in [2.75, 3.05) is 19.5 Å². The van der Waals surface area contributed by atoms with E-state index in [0.717, 1.165) is 28.5 Å². The number of nitrogens with zero attached hydrogens (tertiary/aromatic N) is 2. The number of fused-ring (bicyclic) bond motifs is 1. The van der Waals surface area contributed by atoms with E-state index in [0.29, 0.717) is 5.92 Å². The molecule has 0 spiro atoms. The SMILES string of the molecule is COCCSc1sc2nc(C3=CC(=N)C(=N)N=C3)cc(C(C)(C)C)c2c1C(C)C. The number of thioether (sulfide) groups is 1. The number of rotatable bonds is 6. The molecule has 0 fully saturated rings. The van der Waals surface area contributed by atoms with Crippen LogP contribution in [0.15, 0.2) is 21.3 Å². The highest BCUT2D eigenvalue weighted by Gasteiger charge is 2.26. The number of aromatic nitrogens is 1. The molecule has 3 rings (SSSR count). The zero-order valence-electron chi connectivity index (χ0n) is 17.8. The first-order chi connectivity index (χ1) is 13.6. The molecule has 0 aromatic carbocycles. The van der Waals surface area contributed by atoms with Crippen LogP contribution in [0.1, 0.15) is 57.4 Å². The quantitative estimate of drug-likeness (QED) is 0.442. The fourth-order valence-electron chi connectivity index (χ4n) is 3.29. The van der Waals surface area contributed by atoms with E-state index in [1.807, 2.05) is 11.8 Å². The van der Waals surface area contributed by atoms with Crippen molar-refractivity contribution < 1.29 is 4.74 Å². The summed E-state index contributed by atoms with van der Waals surface area (Å²) in [5, 5.41) is 16.9. The average Bonchev–Trinajstić information content (AvgIpc) is 3.00. The van der Waals surface area contributed by atoms with Crippen LogP contribution in [0.4, 0.5) is 0 Å². The predicted octanol–water partition coefficient (Wildman–Crippen LogP) is 5.92. The van der Waals surface area contributed by atoms with Gasteiger partial charge in [-0.3, -0.25) is 10.8 Å². The van der Waals surface area contributed by atoms with Crippen LogP contribution in [0.25, 0.3) is 15.8 Å². The second-order valence-corrected chi connectivity index (χ2v) is 10.8. The molecule has 5 nitrogen and oxygen atoms in total. The number of hydrogen-bond donors (Lipinski definition) is 2. The standard InChI is InChI=1S/C22H28N4OS2/c1-12(2)17-18-14(22(3,4)5)10-16(13-9-15(23)19(24)25-11-13)26-20(18)29-21(17)28-8-7-27-6/h9-12,23-24H,7-8H2,1-6H3. The first-order valence-corrected chi connectivity index (χ1v) is 11.5. The molecule has 0 radical (unpaired) electrons. The third kappa shape index (κ3) is 4.52. The lowest BCUT2D eigenvalue weighted by Gasteiger charge is -2.23. The lowest BCUT2D eigenvalue weighted by Crippen LogP contribution is -2.15. The molecule has 2 aromatic heterocycles. The Morgan fingerprint density at radius 1 is 1.24 bits per heavy atom. The molecule has 2 N–H and O–H groups in total. The van der Waals surface area contributed by atoms with Crippen LogP contribution in [-0.2, 0) is 10.2 Å². The number of aliphatic imine (C=N–C) groups is 1. The summed E-state index contributed by atoms with van der Waals surface area (Å²) in [7, 11) is 1.73. The highest BCUT2D eigenvalue weighted by molar-refractivity contribution is 8.01. The summed E-state index contributed by atoms with van der Waals surface area (Å²) in [5.41, 5.74) is 4.29. The van der Waals surface area contributed by atoms with Gasteiger partial charge in [-0.25, -0.2) is 9.98 Å². The van der Waals surface area contributed by atoms with Crippen molar-refractivity contribution in [3.63, 3.8) is 0 Å². The number of dihydropyridines is 1. The maximum Gasteiger partial charge on any atom is 0.169 e. The van der Waals surface area contributed by atoms with E-state index in [2.05, 4.69) is 45.7 Å². The third-order valence-electron chi connectivity index (χ3n) is 4.75. The van der Waals surface area contributed by atoms with Crippen molar-refractivity contribution in [2.45, 2.75) is 50.2 Å². The van der Waals surface area contributed by atoms with Crippen LogP contribution < -0.4 is 0 Å².